The molecule has 0 fully saturated rings. The van der Waals surface area contributed by atoms with Crippen molar-refractivity contribution in [2.75, 3.05) is 0 Å². The molecule has 84 valence electrons. The Morgan fingerprint density at radius 2 is 2.27 bits per heavy atom. The predicted octanol–water partition coefficient (Wildman–Crippen LogP) is 4.24. The van der Waals surface area contributed by atoms with Crippen molar-refractivity contribution in [1.29, 1.82) is 0 Å². The van der Waals surface area contributed by atoms with E-state index in [1.807, 2.05) is 0 Å². The number of nitrogens with zero attached hydrogens (tertiary/aromatic N) is 1. The van der Waals surface area contributed by atoms with Gasteiger partial charge in [0.25, 0.3) is 0 Å². The van der Waals surface area contributed by atoms with Gasteiger partial charge in [-0.1, -0.05) is 38.5 Å². The molecule has 0 radical (unpaired) electrons. The highest BCUT2D eigenvalue weighted by Crippen LogP contribution is 2.22. The van der Waals surface area contributed by atoms with E-state index in [4.69, 9.17) is 0 Å². The summed E-state index contributed by atoms with van der Waals surface area (Å²) in [6, 6.07) is 0.654. The van der Waals surface area contributed by atoms with Gasteiger partial charge < -0.3 is 4.90 Å². The summed E-state index contributed by atoms with van der Waals surface area (Å²) in [5.74, 6) is 0. The summed E-state index contributed by atoms with van der Waals surface area (Å²) < 4.78 is 0. The van der Waals surface area contributed by atoms with Crippen LogP contribution < -0.4 is 0 Å². The summed E-state index contributed by atoms with van der Waals surface area (Å²) in [5.41, 5.74) is 2.56. The molecule has 0 aromatic carbocycles. The van der Waals surface area contributed by atoms with E-state index >= 15 is 0 Å². The van der Waals surface area contributed by atoms with Crippen LogP contribution in [0, 0.1) is 0 Å². The van der Waals surface area contributed by atoms with Gasteiger partial charge in [-0.2, -0.15) is 0 Å². The van der Waals surface area contributed by atoms with Gasteiger partial charge >= 0.3 is 0 Å². The van der Waals surface area contributed by atoms with E-state index in [2.05, 4.69) is 50.7 Å². The minimum atomic E-state index is 0.654. The topological polar surface area (TPSA) is 3.24 Å². The SMILES string of the molecule is C=C(C)C1=CN(C(CC)CCC)C=CC1. The molecular formula is C14H23N. The lowest BCUT2D eigenvalue weighted by atomic mass is 10.0. The van der Waals surface area contributed by atoms with Crippen LogP contribution in [0.3, 0.4) is 0 Å². The fraction of sp³-hybridized carbons (Fsp3) is 0.571. The average Bonchev–Trinajstić information content (AvgIpc) is 2.26. The number of hydrogen-bond donors (Lipinski definition) is 0. The quantitative estimate of drug-likeness (QED) is 0.648. The van der Waals surface area contributed by atoms with Gasteiger partial charge in [-0.15, -0.1) is 0 Å². The third kappa shape index (κ3) is 3.26. The van der Waals surface area contributed by atoms with E-state index in [1.165, 1.54) is 30.4 Å². The first-order chi connectivity index (χ1) is 7.19. The zero-order chi connectivity index (χ0) is 11.3. The molecule has 0 saturated heterocycles. The van der Waals surface area contributed by atoms with Gasteiger partial charge in [-0.05, 0) is 31.8 Å². The zero-order valence-corrected chi connectivity index (χ0v) is 10.3. The number of rotatable bonds is 5. The average molecular weight is 205 g/mol. The number of hydrogen-bond acceptors (Lipinski definition) is 1. The first-order valence-corrected chi connectivity index (χ1v) is 5.99. The molecule has 15 heavy (non-hydrogen) atoms. The Morgan fingerprint density at radius 3 is 2.80 bits per heavy atom. The van der Waals surface area contributed by atoms with Crippen molar-refractivity contribution in [3.8, 4) is 0 Å². The standard InChI is InChI=1S/C14H23N/c1-5-8-14(6-2)15-10-7-9-13(11-15)12(3)4/h7,10-11,14H,3,5-6,8-9H2,1-2,4H3. The lowest BCUT2D eigenvalue weighted by Gasteiger charge is -2.30. The van der Waals surface area contributed by atoms with Crippen LogP contribution in [-0.2, 0) is 0 Å². The monoisotopic (exact) mass is 205 g/mol. The van der Waals surface area contributed by atoms with Crippen molar-refractivity contribution in [1.82, 2.24) is 4.90 Å². The summed E-state index contributed by atoms with van der Waals surface area (Å²) in [5, 5.41) is 0. The molecule has 0 N–H and O–H groups in total. The van der Waals surface area contributed by atoms with Crippen LogP contribution in [0.5, 0.6) is 0 Å². The lowest BCUT2D eigenvalue weighted by Crippen LogP contribution is -2.27. The van der Waals surface area contributed by atoms with E-state index in [9.17, 15) is 0 Å². The van der Waals surface area contributed by atoms with Crippen molar-refractivity contribution >= 4 is 0 Å². The molecule has 1 unspecified atom stereocenters. The zero-order valence-electron chi connectivity index (χ0n) is 10.3. The first-order valence-electron chi connectivity index (χ1n) is 5.99. The molecule has 1 aliphatic rings. The van der Waals surface area contributed by atoms with Gasteiger partial charge in [-0.25, -0.2) is 0 Å². The van der Waals surface area contributed by atoms with Crippen LogP contribution in [0.15, 0.2) is 36.2 Å². The van der Waals surface area contributed by atoms with Gasteiger partial charge in [0, 0.05) is 18.4 Å². The largest absolute Gasteiger partial charge is 0.351 e. The molecule has 1 heterocycles. The van der Waals surface area contributed by atoms with E-state index in [0.717, 1.165) is 6.42 Å². The molecule has 0 amide bonds. The van der Waals surface area contributed by atoms with Crippen molar-refractivity contribution < 1.29 is 0 Å². The van der Waals surface area contributed by atoms with Crippen molar-refractivity contribution in [2.24, 2.45) is 0 Å². The summed E-state index contributed by atoms with van der Waals surface area (Å²) >= 11 is 0. The molecule has 0 aromatic heterocycles. The highest BCUT2D eigenvalue weighted by Gasteiger charge is 2.13. The molecule has 1 nitrogen and oxygen atoms in total. The maximum atomic E-state index is 4.02. The molecular weight excluding hydrogens is 182 g/mol. The molecule has 1 heteroatoms. The molecule has 1 atom stereocenters. The summed E-state index contributed by atoms with van der Waals surface area (Å²) in [6.07, 6.45) is 11.5. The second-order valence-corrected chi connectivity index (χ2v) is 4.32. The second kappa shape index (κ2) is 5.79. The van der Waals surface area contributed by atoms with Crippen LogP contribution in [0.2, 0.25) is 0 Å². The van der Waals surface area contributed by atoms with Crippen LogP contribution in [0.1, 0.15) is 46.5 Å². The second-order valence-electron chi connectivity index (χ2n) is 4.32. The Kier molecular flexibility index (Phi) is 4.67. The molecule has 1 aliphatic heterocycles. The highest BCUT2D eigenvalue weighted by atomic mass is 15.1. The smallest absolute Gasteiger partial charge is 0.0327 e. The van der Waals surface area contributed by atoms with Gasteiger partial charge in [0.1, 0.15) is 0 Å². The van der Waals surface area contributed by atoms with Crippen LogP contribution in [0.4, 0.5) is 0 Å². The fourth-order valence-electron chi connectivity index (χ4n) is 1.99. The Hall–Kier alpha value is -0.980. The summed E-state index contributed by atoms with van der Waals surface area (Å²) in [6.45, 7) is 10.6. The number of allylic oxidation sites excluding steroid dienone is 3. The van der Waals surface area contributed by atoms with Gasteiger partial charge in [0.15, 0.2) is 0 Å². The maximum absolute atomic E-state index is 4.02. The Bertz CT molecular complexity index is 273. The highest BCUT2D eigenvalue weighted by molar-refractivity contribution is 5.30. The van der Waals surface area contributed by atoms with Gasteiger partial charge in [0.05, 0.1) is 0 Å². The van der Waals surface area contributed by atoms with Gasteiger partial charge in [0.2, 0.25) is 0 Å². The molecule has 0 bridgehead atoms. The van der Waals surface area contributed by atoms with E-state index in [0.29, 0.717) is 6.04 Å². The van der Waals surface area contributed by atoms with Crippen LogP contribution >= 0.6 is 0 Å². The fourth-order valence-corrected chi connectivity index (χ4v) is 1.99. The van der Waals surface area contributed by atoms with Crippen molar-refractivity contribution in [2.45, 2.75) is 52.5 Å². The van der Waals surface area contributed by atoms with Crippen LogP contribution in [0.25, 0.3) is 0 Å². The van der Waals surface area contributed by atoms with Crippen molar-refractivity contribution in [3.05, 3.63) is 36.2 Å². The lowest BCUT2D eigenvalue weighted by molar-refractivity contribution is 0.326. The van der Waals surface area contributed by atoms with Crippen LogP contribution in [-0.4, -0.2) is 10.9 Å². The Balaban J connectivity index is 2.71. The molecule has 0 aliphatic carbocycles. The Morgan fingerprint density at radius 1 is 1.53 bits per heavy atom. The maximum Gasteiger partial charge on any atom is 0.0327 e. The predicted molar refractivity (Wildman–Crippen MR) is 67.5 cm³/mol. The minimum absolute atomic E-state index is 0.654. The normalized spacial score (nSPS) is 17.5. The molecule has 0 aromatic rings. The van der Waals surface area contributed by atoms with Crippen molar-refractivity contribution in [3.63, 3.8) is 0 Å². The third-order valence-corrected chi connectivity index (χ3v) is 2.98. The molecule has 1 rings (SSSR count). The minimum Gasteiger partial charge on any atom is -0.351 e. The van der Waals surface area contributed by atoms with E-state index < -0.39 is 0 Å². The summed E-state index contributed by atoms with van der Waals surface area (Å²) in [4.78, 5) is 2.36. The molecule has 0 spiro atoms. The summed E-state index contributed by atoms with van der Waals surface area (Å²) in [7, 11) is 0. The third-order valence-electron chi connectivity index (χ3n) is 2.98. The first kappa shape index (κ1) is 12.1. The van der Waals surface area contributed by atoms with E-state index in [1.54, 1.807) is 0 Å². The Labute approximate surface area is 94.2 Å². The molecule has 0 saturated carbocycles. The van der Waals surface area contributed by atoms with E-state index in [-0.39, 0.29) is 0 Å². The van der Waals surface area contributed by atoms with Gasteiger partial charge in [-0.3, -0.25) is 0 Å².